The number of unbranched alkanes of at least 4 members (excludes halogenated alkanes) is 23. The van der Waals surface area contributed by atoms with Crippen molar-refractivity contribution >= 4 is 13.7 Å². The second kappa shape index (κ2) is 52.8. The summed E-state index contributed by atoms with van der Waals surface area (Å²) >= 11 is 0. The number of amides is 1. The van der Waals surface area contributed by atoms with Gasteiger partial charge >= 0.3 is 0 Å². The number of rotatable bonds is 53. The zero-order valence-electron chi connectivity index (χ0n) is 47.7. The number of hydrogen-bond donors (Lipinski definition) is 3. The van der Waals surface area contributed by atoms with Crippen LogP contribution in [0.25, 0.3) is 0 Å². The third kappa shape index (κ3) is 54.0. The van der Waals surface area contributed by atoms with Gasteiger partial charge in [-0.3, -0.25) is 9.36 Å². The van der Waals surface area contributed by atoms with E-state index in [-0.39, 0.29) is 18.9 Å². The first-order chi connectivity index (χ1) is 35.4. The van der Waals surface area contributed by atoms with E-state index in [1.807, 2.05) is 21.1 Å². The maximum Gasteiger partial charge on any atom is 0.268 e. The topological polar surface area (TPSA) is 128 Å². The molecule has 0 aromatic heterocycles. The van der Waals surface area contributed by atoms with Crippen LogP contribution in [0.2, 0.25) is 0 Å². The molecule has 4 atom stereocenters. The van der Waals surface area contributed by atoms with Gasteiger partial charge in [0.15, 0.2) is 0 Å². The molecule has 0 aromatic carbocycles. The number of quaternary nitrogens is 1. The number of nitrogens with one attached hydrogen (secondary N) is 1. The number of carbonyl (C=O) groups is 1. The molecule has 0 bridgehead atoms. The van der Waals surface area contributed by atoms with E-state index in [1.54, 1.807) is 0 Å². The van der Waals surface area contributed by atoms with Gasteiger partial charge in [-0.05, 0) is 103 Å². The normalized spacial score (nSPS) is 15.0. The lowest BCUT2D eigenvalue weighted by Gasteiger charge is -2.31. The molecule has 0 aromatic rings. The summed E-state index contributed by atoms with van der Waals surface area (Å²) in [5, 5.41) is 24.7. The van der Waals surface area contributed by atoms with E-state index in [0.717, 1.165) is 83.5 Å². The number of aliphatic hydroxyl groups is 2. The van der Waals surface area contributed by atoms with Crippen LogP contribution in [0.3, 0.4) is 0 Å². The number of phosphoric acid groups is 1. The molecule has 0 aliphatic rings. The number of phosphoric ester groups is 1. The van der Waals surface area contributed by atoms with Crippen LogP contribution in [0.15, 0.2) is 97.2 Å². The highest BCUT2D eigenvalue weighted by Crippen LogP contribution is 2.38. The molecule has 10 heteroatoms. The number of aliphatic hydroxyl groups excluding tert-OH is 2. The Balaban J connectivity index is 4.06. The highest BCUT2D eigenvalue weighted by Gasteiger charge is 2.29. The standard InChI is InChI=1S/C63H113N2O7P/c1-6-8-10-12-14-16-18-20-21-22-23-24-25-26-27-28-29-30-31-32-33-34-35-36-37-38-39-40-41-42-43-44-46-48-50-52-54-56-62(67)64-60(59-72-73(69,70)71-58-57-65(3,4)5)63(68)61(66)55-53-51-49-47-45-19-17-15-13-11-9-7-2/h8,10,14-17,20-21,23-24,26-27,29-30,47,49,60-61,63,66,68H,6-7,9,11-13,18-19,22,25,28,31-46,48,50-59H2,1-5H3,(H-,64,67,69,70)/b10-8-,16-14-,17-15+,21-20-,24-23-,27-26-,30-29-,49-47+. The van der Waals surface area contributed by atoms with Crippen molar-refractivity contribution in [3.8, 4) is 0 Å². The van der Waals surface area contributed by atoms with Gasteiger partial charge in [0.05, 0.1) is 39.9 Å². The lowest BCUT2D eigenvalue weighted by atomic mass is 10.0. The van der Waals surface area contributed by atoms with Gasteiger partial charge < -0.3 is 34.0 Å². The molecule has 73 heavy (non-hydrogen) atoms. The molecule has 0 aliphatic heterocycles. The van der Waals surface area contributed by atoms with Gasteiger partial charge in [-0.15, -0.1) is 0 Å². The summed E-state index contributed by atoms with van der Waals surface area (Å²) in [5.41, 5.74) is 0. The minimum atomic E-state index is -4.69. The third-order valence-electron chi connectivity index (χ3n) is 12.9. The van der Waals surface area contributed by atoms with Crippen LogP contribution in [0.4, 0.5) is 0 Å². The van der Waals surface area contributed by atoms with Crippen LogP contribution in [0.1, 0.15) is 239 Å². The van der Waals surface area contributed by atoms with Gasteiger partial charge in [0.25, 0.3) is 7.82 Å². The first-order valence-corrected chi connectivity index (χ1v) is 31.1. The number of likely N-dealkylation sites (N-methyl/N-ethyl adjacent to an activating group) is 1. The van der Waals surface area contributed by atoms with Gasteiger partial charge in [-0.25, -0.2) is 0 Å². The molecule has 0 radical (unpaired) electrons. The van der Waals surface area contributed by atoms with Gasteiger partial charge in [0, 0.05) is 6.42 Å². The fourth-order valence-corrected chi connectivity index (χ4v) is 8.94. The zero-order chi connectivity index (χ0) is 53.6. The van der Waals surface area contributed by atoms with E-state index >= 15 is 0 Å². The summed E-state index contributed by atoms with van der Waals surface area (Å²) < 4.78 is 23.2. The Labute approximate surface area is 450 Å². The van der Waals surface area contributed by atoms with Crippen molar-refractivity contribution in [3.05, 3.63) is 97.2 Å². The third-order valence-corrected chi connectivity index (χ3v) is 13.8. The number of nitrogens with zero attached hydrogens (tertiary/aromatic N) is 1. The average Bonchev–Trinajstić information content (AvgIpc) is 3.35. The average molecular weight is 1040 g/mol. The predicted octanol–water partition coefficient (Wildman–Crippen LogP) is 16.5. The summed E-state index contributed by atoms with van der Waals surface area (Å²) in [6.45, 7) is 4.26. The van der Waals surface area contributed by atoms with Gasteiger partial charge in [-0.2, -0.15) is 0 Å². The fraction of sp³-hybridized carbons (Fsp3) is 0.730. The Bertz CT molecular complexity index is 1530. The van der Waals surface area contributed by atoms with Crippen LogP contribution in [0, 0.1) is 0 Å². The number of hydrogen-bond acceptors (Lipinski definition) is 7. The number of carbonyl (C=O) groups excluding carboxylic acids is 1. The molecule has 0 rings (SSSR count). The molecule has 1 amide bonds. The van der Waals surface area contributed by atoms with E-state index in [9.17, 15) is 24.5 Å². The largest absolute Gasteiger partial charge is 0.756 e. The molecular weight excluding hydrogens is 928 g/mol. The monoisotopic (exact) mass is 1040 g/mol. The van der Waals surface area contributed by atoms with Gasteiger partial charge in [0.1, 0.15) is 19.3 Å². The van der Waals surface area contributed by atoms with E-state index in [4.69, 9.17) is 9.05 Å². The van der Waals surface area contributed by atoms with Crippen LogP contribution in [0.5, 0.6) is 0 Å². The molecule has 0 fully saturated rings. The summed E-state index contributed by atoms with van der Waals surface area (Å²) in [5.74, 6) is -0.294. The summed E-state index contributed by atoms with van der Waals surface area (Å²) in [6, 6.07) is -1.10. The molecule has 9 nitrogen and oxygen atoms in total. The van der Waals surface area contributed by atoms with Crippen molar-refractivity contribution in [2.75, 3.05) is 40.9 Å². The molecule has 4 unspecified atom stereocenters. The maximum atomic E-state index is 13.0. The molecule has 0 aliphatic carbocycles. The molecule has 0 heterocycles. The summed E-state index contributed by atoms with van der Waals surface area (Å²) in [6.07, 6.45) is 72.1. The number of allylic oxidation sites excluding steroid dienone is 16. The molecule has 0 spiro atoms. The molecular formula is C63H113N2O7P. The van der Waals surface area contributed by atoms with E-state index in [2.05, 4.69) is 116 Å². The summed E-state index contributed by atoms with van der Waals surface area (Å²) in [7, 11) is 1.09. The molecule has 3 N–H and O–H groups in total. The second-order valence-corrected chi connectivity index (χ2v) is 22.5. The fourth-order valence-electron chi connectivity index (χ4n) is 8.22. The first kappa shape index (κ1) is 70.4. The highest BCUT2D eigenvalue weighted by atomic mass is 31.2. The second-order valence-electron chi connectivity index (χ2n) is 21.1. The predicted molar refractivity (Wildman–Crippen MR) is 312 cm³/mol. The Morgan fingerprint density at radius 1 is 0.507 bits per heavy atom. The molecule has 422 valence electrons. The van der Waals surface area contributed by atoms with Crippen molar-refractivity contribution in [1.82, 2.24) is 5.32 Å². The smallest absolute Gasteiger partial charge is 0.268 e. The minimum absolute atomic E-state index is 0.0513. The van der Waals surface area contributed by atoms with Crippen molar-refractivity contribution in [2.45, 2.75) is 257 Å². The van der Waals surface area contributed by atoms with E-state index in [0.29, 0.717) is 30.3 Å². The Morgan fingerprint density at radius 3 is 1.32 bits per heavy atom. The zero-order valence-corrected chi connectivity index (χ0v) is 48.6. The Hall–Kier alpha value is -2.62. The summed E-state index contributed by atoms with van der Waals surface area (Å²) in [4.78, 5) is 25.5. The van der Waals surface area contributed by atoms with Crippen molar-refractivity contribution in [1.29, 1.82) is 0 Å². The van der Waals surface area contributed by atoms with Crippen LogP contribution in [-0.4, -0.2) is 79.8 Å². The van der Waals surface area contributed by atoms with Crippen LogP contribution >= 0.6 is 7.82 Å². The van der Waals surface area contributed by atoms with Crippen molar-refractivity contribution in [2.24, 2.45) is 0 Å². The van der Waals surface area contributed by atoms with E-state index in [1.165, 1.54) is 116 Å². The van der Waals surface area contributed by atoms with E-state index < -0.39 is 32.7 Å². The first-order valence-electron chi connectivity index (χ1n) is 29.7. The lowest BCUT2D eigenvalue weighted by Crippen LogP contribution is -2.51. The van der Waals surface area contributed by atoms with Crippen molar-refractivity contribution < 1.29 is 38.0 Å². The van der Waals surface area contributed by atoms with Crippen LogP contribution in [-0.2, 0) is 18.4 Å². The Kier molecular flexibility index (Phi) is 50.9. The molecule has 0 saturated heterocycles. The van der Waals surface area contributed by atoms with Crippen molar-refractivity contribution in [3.63, 3.8) is 0 Å². The minimum Gasteiger partial charge on any atom is -0.756 e. The SMILES string of the molecule is CC/C=C\C/C=C\C/C=C\C/C=C\C/C=C\C/C=C\CCCCCCCCCCCCCCCCCCCCC(=O)NC(COP(=O)([O-])OCC[N+](C)(C)C)C(O)C(O)CCC/C=C/CC/C=C/CCCCC. The van der Waals surface area contributed by atoms with Gasteiger partial charge in [-0.1, -0.05) is 227 Å². The van der Waals surface area contributed by atoms with Gasteiger partial charge in [0.2, 0.25) is 5.91 Å². The highest BCUT2D eigenvalue weighted by molar-refractivity contribution is 7.45. The maximum absolute atomic E-state index is 13.0. The quantitative estimate of drug-likeness (QED) is 0.0240. The van der Waals surface area contributed by atoms with Crippen LogP contribution < -0.4 is 10.2 Å². The Morgan fingerprint density at radius 2 is 0.877 bits per heavy atom. The lowest BCUT2D eigenvalue weighted by molar-refractivity contribution is -0.870. The molecule has 0 saturated carbocycles.